The highest BCUT2D eigenvalue weighted by Crippen LogP contribution is 2.39. The molecule has 22 heavy (non-hydrogen) atoms. The molecule has 0 heterocycles. The van der Waals surface area contributed by atoms with Crippen molar-refractivity contribution in [3.63, 3.8) is 0 Å². The SMILES string of the molecule is O=S(=O)([O-])C(F)(F)C(F)(F)OCc1cccc2ccccc12. The van der Waals surface area contributed by atoms with E-state index in [1.165, 1.54) is 12.1 Å². The van der Waals surface area contributed by atoms with Gasteiger partial charge in [0, 0.05) is 0 Å². The molecule has 2 aromatic carbocycles. The number of benzene rings is 2. The molecule has 0 aromatic heterocycles. The third-order valence-electron chi connectivity index (χ3n) is 2.94. The Kier molecular flexibility index (Phi) is 4.16. The number of rotatable bonds is 5. The van der Waals surface area contributed by atoms with E-state index >= 15 is 0 Å². The maximum absolute atomic E-state index is 13.2. The smallest absolute Gasteiger partial charge is 0.434 e. The highest BCUT2D eigenvalue weighted by Gasteiger charge is 2.63. The van der Waals surface area contributed by atoms with Gasteiger partial charge in [0.1, 0.15) is 0 Å². The first-order valence-electron chi connectivity index (χ1n) is 5.88. The standard InChI is InChI=1S/C13H10F4O4S/c14-12(15,13(16,17)22(18,19)20)21-8-10-6-3-5-9-4-1-2-7-11(9)10/h1-7H,8H2,(H,18,19,20)/p-1. The number of hydrogen-bond donors (Lipinski definition) is 0. The van der Waals surface area contributed by atoms with Gasteiger partial charge < -0.3 is 9.29 Å². The Morgan fingerprint density at radius 3 is 2.23 bits per heavy atom. The topological polar surface area (TPSA) is 66.4 Å². The van der Waals surface area contributed by atoms with Crippen LogP contribution in [0.1, 0.15) is 5.56 Å². The fourth-order valence-electron chi connectivity index (χ4n) is 1.82. The molecule has 0 N–H and O–H groups in total. The van der Waals surface area contributed by atoms with Crippen LogP contribution in [-0.4, -0.2) is 24.3 Å². The number of fused-ring (bicyclic) bond motifs is 1. The second-order valence-electron chi connectivity index (χ2n) is 4.41. The molecular weight excluding hydrogens is 328 g/mol. The Morgan fingerprint density at radius 2 is 1.59 bits per heavy atom. The predicted octanol–water partition coefficient (Wildman–Crippen LogP) is 3.09. The van der Waals surface area contributed by atoms with Gasteiger partial charge in [-0.2, -0.15) is 17.6 Å². The monoisotopic (exact) mass is 337 g/mol. The Bertz CT molecular complexity index is 784. The van der Waals surface area contributed by atoms with Gasteiger partial charge >= 0.3 is 11.4 Å². The Labute approximate surface area is 123 Å². The molecule has 120 valence electrons. The molecule has 2 aromatic rings. The minimum atomic E-state index is -6.57. The van der Waals surface area contributed by atoms with Crippen molar-refractivity contribution in [2.45, 2.75) is 18.0 Å². The molecule has 0 fully saturated rings. The highest BCUT2D eigenvalue weighted by molar-refractivity contribution is 7.86. The van der Waals surface area contributed by atoms with Crippen molar-refractivity contribution in [3.8, 4) is 0 Å². The van der Waals surface area contributed by atoms with Gasteiger partial charge in [-0.25, -0.2) is 8.42 Å². The normalized spacial score (nSPS) is 13.5. The van der Waals surface area contributed by atoms with E-state index in [2.05, 4.69) is 4.74 Å². The molecule has 0 saturated heterocycles. The van der Waals surface area contributed by atoms with Crippen molar-refractivity contribution in [1.82, 2.24) is 0 Å². The molecule has 0 atom stereocenters. The fourth-order valence-corrected chi connectivity index (χ4v) is 2.17. The van der Waals surface area contributed by atoms with Gasteiger partial charge in [-0.15, -0.1) is 0 Å². The number of hydrogen-bond acceptors (Lipinski definition) is 4. The van der Waals surface area contributed by atoms with Gasteiger partial charge in [-0.05, 0) is 16.3 Å². The summed E-state index contributed by atoms with van der Waals surface area (Å²) in [6.45, 7) is -0.987. The van der Waals surface area contributed by atoms with Crippen molar-refractivity contribution in [1.29, 1.82) is 0 Å². The van der Waals surface area contributed by atoms with Crippen LogP contribution in [0.25, 0.3) is 10.8 Å². The molecule has 0 amide bonds. The molecular formula is C13H9F4O4S-. The maximum Gasteiger partial charge on any atom is 0.434 e. The molecule has 4 nitrogen and oxygen atoms in total. The predicted molar refractivity (Wildman–Crippen MR) is 68.3 cm³/mol. The van der Waals surface area contributed by atoms with Crippen LogP contribution in [0, 0.1) is 0 Å². The van der Waals surface area contributed by atoms with Crippen LogP contribution in [0.5, 0.6) is 0 Å². The first-order valence-corrected chi connectivity index (χ1v) is 7.29. The summed E-state index contributed by atoms with van der Waals surface area (Å²) in [5, 5.41) is -4.71. The second kappa shape index (κ2) is 5.49. The lowest BCUT2D eigenvalue weighted by Crippen LogP contribution is -2.48. The molecule has 0 aliphatic rings. The van der Waals surface area contributed by atoms with Crippen LogP contribution in [0.3, 0.4) is 0 Å². The summed E-state index contributed by atoms with van der Waals surface area (Å²) in [6.07, 6.45) is -5.44. The number of ether oxygens (including phenoxy) is 1. The zero-order chi connectivity index (χ0) is 16.6. The molecule has 0 unspecified atom stereocenters. The van der Waals surface area contributed by atoms with E-state index < -0.39 is 28.1 Å². The zero-order valence-electron chi connectivity index (χ0n) is 10.8. The lowest BCUT2D eigenvalue weighted by molar-refractivity contribution is -0.323. The number of alkyl halides is 4. The van der Waals surface area contributed by atoms with Crippen molar-refractivity contribution < 1.29 is 35.3 Å². The summed E-state index contributed by atoms with van der Waals surface area (Å²) in [7, 11) is -6.57. The number of halogens is 4. The van der Waals surface area contributed by atoms with E-state index in [9.17, 15) is 30.5 Å². The molecule has 0 aliphatic carbocycles. The highest BCUT2D eigenvalue weighted by atomic mass is 32.2. The fraction of sp³-hybridized carbons (Fsp3) is 0.231. The molecule has 0 saturated carbocycles. The molecule has 0 spiro atoms. The molecule has 0 radical (unpaired) electrons. The van der Waals surface area contributed by atoms with E-state index in [1.54, 1.807) is 30.3 Å². The molecule has 0 bridgehead atoms. The first-order chi connectivity index (χ1) is 10.1. The lowest BCUT2D eigenvalue weighted by atomic mass is 10.1. The molecule has 9 heteroatoms. The largest absolute Gasteiger partial charge is 0.743 e. The van der Waals surface area contributed by atoms with Crippen LogP contribution in [-0.2, 0) is 21.5 Å². The average molecular weight is 337 g/mol. The Morgan fingerprint density at radius 1 is 1.00 bits per heavy atom. The van der Waals surface area contributed by atoms with Crippen LogP contribution in [0.15, 0.2) is 42.5 Å². The van der Waals surface area contributed by atoms with E-state index in [1.807, 2.05) is 0 Å². The maximum atomic E-state index is 13.2. The summed E-state index contributed by atoms with van der Waals surface area (Å²) in [5.74, 6) is 0. The quantitative estimate of drug-likeness (QED) is 0.621. The third kappa shape index (κ3) is 2.92. The van der Waals surface area contributed by atoms with Gasteiger partial charge in [0.05, 0.1) is 6.61 Å². The average Bonchev–Trinajstić information content (AvgIpc) is 2.43. The summed E-state index contributed by atoms with van der Waals surface area (Å²) < 4.78 is 86.9. The van der Waals surface area contributed by atoms with E-state index in [4.69, 9.17) is 0 Å². The van der Waals surface area contributed by atoms with Gasteiger partial charge in [-0.3, -0.25) is 0 Å². The summed E-state index contributed by atoms with van der Waals surface area (Å²) >= 11 is 0. The Balaban J connectivity index is 2.28. The lowest BCUT2D eigenvalue weighted by Gasteiger charge is -2.27. The first kappa shape index (κ1) is 16.7. The second-order valence-corrected chi connectivity index (χ2v) is 5.84. The zero-order valence-corrected chi connectivity index (χ0v) is 11.6. The van der Waals surface area contributed by atoms with Crippen molar-refractivity contribution >= 4 is 20.9 Å². The van der Waals surface area contributed by atoms with Gasteiger partial charge in [0.25, 0.3) is 0 Å². The van der Waals surface area contributed by atoms with Crippen molar-refractivity contribution in [2.24, 2.45) is 0 Å². The molecule has 0 aliphatic heterocycles. The van der Waals surface area contributed by atoms with Crippen LogP contribution in [0.2, 0.25) is 0 Å². The van der Waals surface area contributed by atoms with E-state index in [-0.39, 0.29) is 5.56 Å². The van der Waals surface area contributed by atoms with E-state index in [0.29, 0.717) is 10.8 Å². The Hall–Kier alpha value is -1.71. The molecule has 2 rings (SSSR count). The summed E-state index contributed by atoms with van der Waals surface area (Å²) in [5.41, 5.74) is 0.150. The van der Waals surface area contributed by atoms with Gasteiger partial charge in [-0.1, -0.05) is 42.5 Å². The summed E-state index contributed by atoms with van der Waals surface area (Å²) in [6, 6.07) is 11.1. The summed E-state index contributed by atoms with van der Waals surface area (Å²) in [4.78, 5) is 0. The van der Waals surface area contributed by atoms with Crippen LogP contribution in [0.4, 0.5) is 17.6 Å². The van der Waals surface area contributed by atoms with Crippen LogP contribution >= 0.6 is 0 Å². The minimum Gasteiger partial charge on any atom is -0.743 e. The third-order valence-corrected chi connectivity index (χ3v) is 3.81. The van der Waals surface area contributed by atoms with Gasteiger partial charge in [0.15, 0.2) is 10.1 Å². The minimum absolute atomic E-state index is 0.150. The van der Waals surface area contributed by atoms with Crippen molar-refractivity contribution in [3.05, 3.63) is 48.0 Å². The van der Waals surface area contributed by atoms with Gasteiger partial charge in [0.2, 0.25) is 0 Å². The van der Waals surface area contributed by atoms with Crippen LogP contribution < -0.4 is 0 Å². The van der Waals surface area contributed by atoms with Crippen molar-refractivity contribution in [2.75, 3.05) is 0 Å². The van der Waals surface area contributed by atoms with E-state index in [0.717, 1.165) is 0 Å².